The first-order valence-corrected chi connectivity index (χ1v) is 11.3. The number of nitrogens with zero attached hydrogens (tertiary/aromatic N) is 4. The van der Waals surface area contributed by atoms with E-state index < -0.39 is 0 Å². The van der Waals surface area contributed by atoms with Crippen LogP contribution in [-0.2, 0) is 0 Å². The van der Waals surface area contributed by atoms with Gasteiger partial charge in [0.05, 0.1) is 16.6 Å². The van der Waals surface area contributed by atoms with Crippen LogP contribution in [0.3, 0.4) is 0 Å². The van der Waals surface area contributed by atoms with E-state index in [9.17, 15) is 0 Å². The lowest BCUT2D eigenvalue weighted by Crippen LogP contribution is -2.00. The molecule has 0 spiro atoms. The first kappa shape index (κ1) is 17.6. The van der Waals surface area contributed by atoms with Crippen LogP contribution in [0.2, 0.25) is 0 Å². The van der Waals surface area contributed by atoms with Gasteiger partial charge >= 0.3 is 0 Å². The van der Waals surface area contributed by atoms with Gasteiger partial charge < -0.3 is 0 Å². The summed E-state index contributed by atoms with van der Waals surface area (Å²) in [6.45, 7) is 0. The zero-order valence-electron chi connectivity index (χ0n) is 16.9. The first-order chi connectivity index (χ1) is 15.9. The molecule has 7 rings (SSSR count). The number of thiophene rings is 1. The van der Waals surface area contributed by atoms with Crippen LogP contribution in [0, 0.1) is 0 Å². The molecule has 0 aliphatic carbocycles. The molecular formula is C27H16N4S. The third kappa shape index (κ3) is 2.52. The second-order valence-electron chi connectivity index (χ2n) is 7.77. The second-order valence-corrected chi connectivity index (χ2v) is 8.86. The van der Waals surface area contributed by atoms with Gasteiger partial charge in [0, 0.05) is 43.5 Å². The molecule has 0 saturated carbocycles. The quantitative estimate of drug-likeness (QED) is 0.298. The van der Waals surface area contributed by atoms with Crippen LogP contribution in [-0.4, -0.2) is 19.5 Å². The SMILES string of the molecule is c1ccc(-c2nccc(-n3c4cc5sc6ccccc6c5cc4c4ncccc43)n2)cc1. The molecule has 4 aromatic heterocycles. The maximum Gasteiger partial charge on any atom is 0.161 e. The molecule has 150 valence electrons. The summed E-state index contributed by atoms with van der Waals surface area (Å²) in [6, 6.07) is 29.3. The van der Waals surface area contributed by atoms with Gasteiger partial charge in [0.1, 0.15) is 5.82 Å². The average molecular weight is 429 g/mol. The number of pyridine rings is 1. The molecule has 7 aromatic rings. The van der Waals surface area contributed by atoms with Gasteiger partial charge in [-0.1, -0.05) is 48.5 Å². The number of benzene rings is 3. The van der Waals surface area contributed by atoms with Crippen LogP contribution in [0.5, 0.6) is 0 Å². The van der Waals surface area contributed by atoms with Crippen molar-refractivity contribution in [2.45, 2.75) is 0 Å². The summed E-state index contributed by atoms with van der Waals surface area (Å²) < 4.78 is 4.77. The van der Waals surface area contributed by atoms with E-state index in [1.807, 2.05) is 66.2 Å². The normalized spacial score (nSPS) is 11.8. The Bertz CT molecular complexity index is 1780. The summed E-state index contributed by atoms with van der Waals surface area (Å²) in [5.74, 6) is 1.55. The average Bonchev–Trinajstić information content (AvgIpc) is 3.38. The van der Waals surface area contributed by atoms with Crippen molar-refractivity contribution in [3.8, 4) is 17.2 Å². The molecule has 0 amide bonds. The Morgan fingerprint density at radius 1 is 0.625 bits per heavy atom. The third-order valence-electron chi connectivity index (χ3n) is 5.92. The lowest BCUT2D eigenvalue weighted by molar-refractivity contribution is 1.04. The monoisotopic (exact) mass is 428 g/mol. The van der Waals surface area contributed by atoms with E-state index in [1.54, 1.807) is 0 Å². The highest BCUT2D eigenvalue weighted by Gasteiger charge is 2.17. The standard InChI is InChI=1S/C27H16N4S/c1-2-7-17(8-3-1)27-29-14-12-25(30-27)31-21-10-6-13-28-26(21)20-15-19-18-9-4-5-11-23(18)32-24(19)16-22(20)31/h1-16H. The molecule has 0 aliphatic rings. The molecule has 3 aromatic carbocycles. The lowest BCUT2D eigenvalue weighted by atomic mass is 10.1. The van der Waals surface area contributed by atoms with E-state index in [4.69, 9.17) is 9.97 Å². The van der Waals surface area contributed by atoms with Crippen molar-refractivity contribution in [2.24, 2.45) is 0 Å². The van der Waals surface area contributed by atoms with Crippen LogP contribution < -0.4 is 0 Å². The van der Waals surface area contributed by atoms with E-state index in [0.29, 0.717) is 5.82 Å². The zero-order valence-corrected chi connectivity index (χ0v) is 17.8. The predicted molar refractivity (Wildman–Crippen MR) is 132 cm³/mol. The number of hydrogen-bond donors (Lipinski definition) is 0. The van der Waals surface area contributed by atoms with E-state index >= 15 is 0 Å². The molecule has 0 bridgehead atoms. The molecule has 0 fully saturated rings. The number of aromatic nitrogens is 4. The van der Waals surface area contributed by atoms with Gasteiger partial charge in [0.25, 0.3) is 0 Å². The Kier molecular flexibility index (Phi) is 3.68. The summed E-state index contributed by atoms with van der Waals surface area (Å²) in [5.41, 5.74) is 4.14. The van der Waals surface area contributed by atoms with Crippen molar-refractivity contribution in [3.05, 3.63) is 97.3 Å². The van der Waals surface area contributed by atoms with Gasteiger partial charge in [-0.3, -0.25) is 9.55 Å². The number of rotatable bonds is 2. The van der Waals surface area contributed by atoms with Gasteiger partial charge in [-0.2, -0.15) is 0 Å². The lowest BCUT2D eigenvalue weighted by Gasteiger charge is -2.08. The maximum atomic E-state index is 4.94. The minimum Gasteiger partial charge on any atom is -0.292 e. The van der Waals surface area contributed by atoms with E-state index in [2.05, 4.69) is 52.0 Å². The molecule has 0 aliphatic heterocycles. The molecule has 4 heterocycles. The minimum absolute atomic E-state index is 0.713. The highest BCUT2D eigenvalue weighted by molar-refractivity contribution is 7.25. The Hall–Kier alpha value is -4.09. The van der Waals surface area contributed by atoms with Crippen molar-refractivity contribution < 1.29 is 0 Å². The van der Waals surface area contributed by atoms with Crippen LogP contribution >= 0.6 is 11.3 Å². The Balaban J connectivity index is 1.57. The van der Waals surface area contributed by atoms with Gasteiger partial charge in [-0.25, -0.2) is 9.97 Å². The zero-order chi connectivity index (χ0) is 21.1. The predicted octanol–water partition coefficient (Wildman–Crippen LogP) is 7.00. The van der Waals surface area contributed by atoms with Crippen molar-refractivity contribution in [2.75, 3.05) is 0 Å². The number of hydrogen-bond acceptors (Lipinski definition) is 4. The smallest absolute Gasteiger partial charge is 0.161 e. The second kappa shape index (κ2) is 6.70. The Morgan fingerprint density at radius 3 is 2.44 bits per heavy atom. The van der Waals surface area contributed by atoms with Crippen LogP contribution in [0.25, 0.3) is 59.3 Å². The third-order valence-corrected chi connectivity index (χ3v) is 7.05. The summed E-state index contributed by atoms with van der Waals surface area (Å²) >= 11 is 1.82. The molecule has 0 unspecified atom stereocenters. The fourth-order valence-electron chi connectivity index (χ4n) is 4.50. The van der Waals surface area contributed by atoms with E-state index in [1.165, 1.54) is 20.2 Å². The highest BCUT2D eigenvalue weighted by atomic mass is 32.1. The van der Waals surface area contributed by atoms with Crippen molar-refractivity contribution in [3.63, 3.8) is 0 Å². The summed E-state index contributed by atoms with van der Waals surface area (Å²) in [4.78, 5) is 14.2. The summed E-state index contributed by atoms with van der Waals surface area (Å²) in [6.07, 6.45) is 3.69. The molecule has 0 atom stereocenters. The molecule has 0 N–H and O–H groups in total. The molecule has 4 nitrogen and oxygen atoms in total. The minimum atomic E-state index is 0.713. The number of fused-ring (bicyclic) bond motifs is 6. The highest BCUT2D eigenvalue weighted by Crippen LogP contribution is 2.39. The molecule has 32 heavy (non-hydrogen) atoms. The van der Waals surface area contributed by atoms with Crippen LogP contribution in [0.4, 0.5) is 0 Å². The van der Waals surface area contributed by atoms with E-state index in [-0.39, 0.29) is 0 Å². The van der Waals surface area contributed by atoms with Crippen molar-refractivity contribution >= 4 is 53.4 Å². The van der Waals surface area contributed by atoms with Gasteiger partial charge in [0.2, 0.25) is 0 Å². The summed E-state index contributed by atoms with van der Waals surface area (Å²) in [7, 11) is 0. The largest absolute Gasteiger partial charge is 0.292 e. The van der Waals surface area contributed by atoms with Crippen molar-refractivity contribution in [1.82, 2.24) is 19.5 Å². The van der Waals surface area contributed by atoms with Gasteiger partial charge in [-0.15, -0.1) is 11.3 Å². The van der Waals surface area contributed by atoms with Crippen LogP contribution in [0.15, 0.2) is 97.3 Å². The first-order valence-electron chi connectivity index (χ1n) is 10.5. The molecule has 5 heteroatoms. The van der Waals surface area contributed by atoms with Crippen LogP contribution in [0.1, 0.15) is 0 Å². The van der Waals surface area contributed by atoms with Gasteiger partial charge in [-0.05, 0) is 36.4 Å². The van der Waals surface area contributed by atoms with Crippen molar-refractivity contribution in [1.29, 1.82) is 0 Å². The Labute approximate surface area is 187 Å². The molecule has 0 saturated heterocycles. The van der Waals surface area contributed by atoms with E-state index in [0.717, 1.165) is 33.3 Å². The fraction of sp³-hybridized carbons (Fsp3) is 0. The summed E-state index contributed by atoms with van der Waals surface area (Å²) in [5, 5.41) is 3.70. The maximum absolute atomic E-state index is 4.94. The van der Waals surface area contributed by atoms with Gasteiger partial charge in [0.15, 0.2) is 5.82 Å². The molecular weight excluding hydrogens is 412 g/mol. The topological polar surface area (TPSA) is 43.6 Å². The Morgan fingerprint density at radius 2 is 1.50 bits per heavy atom. The molecule has 0 radical (unpaired) electrons. The fourth-order valence-corrected chi connectivity index (χ4v) is 5.62.